The van der Waals surface area contributed by atoms with Crippen LogP contribution < -0.4 is 0 Å². The molecule has 1 fully saturated rings. The molecule has 2 atom stereocenters. The molecule has 0 aromatic heterocycles. The Hall–Kier alpha value is -0.160. The van der Waals surface area contributed by atoms with E-state index in [9.17, 15) is 0 Å². The van der Waals surface area contributed by atoms with Crippen LogP contribution in [0.1, 0.15) is 13.8 Å². The standard InChI is InChI=1S/C13H30N2O2/c1-13(2)16-11(9-14(3,4)5)12(17-13)10-15(6,7)8/h11-12H,9-10H2,1-8H3/q+2/t11-,12-/m1/s1. The topological polar surface area (TPSA) is 18.5 Å². The smallest absolute Gasteiger partial charge is 0.164 e. The van der Waals surface area contributed by atoms with Gasteiger partial charge in [-0.3, -0.25) is 0 Å². The van der Waals surface area contributed by atoms with E-state index in [-0.39, 0.29) is 12.2 Å². The number of hydrogen-bond acceptors (Lipinski definition) is 2. The molecule has 0 bridgehead atoms. The van der Waals surface area contributed by atoms with Crippen LogP contribution in [0.2, 0.25) is 0 Å². The van der Waals surface area contributed by atoms with Gasteiger partial charge in [-0.15, -0.1) is 0 Å². The Labute approximate surface area is 106 Å². The molecule has 102 valence electrons. The van der Waals surface area contributed by atoms with E-state index in [4.69, 9.17) is 9.47 Å². The Morgan fingerprint density at radius 3 is 1.29 bits per heavy atom. The zero-order chi connectivity index (χ0) is 13.5. The fraction of sp³-hybridized carbons (Fsp3) is 1.00. The molecule has 4 nitrogen and oxygen atoms in total. The van der Waals surface area contributed by atoms with Crippen LogP contribution in [-0.2, 0) is 9.47 Å². The van der Waals surface area contributed by atoms with Crippen molar-refractivity contribution in [3.05, 3.63) is 0 Å². The van der Waals surface area contributed by atoms with Crippen molar-refractivity contribution in [2.75, 3.05) is 55.4 Å². The van der Waals surface area contributed by atoms with Gasteiger partial charge in [-0.2, -0.15) is 0 Å². The summed E-state index contributed by atoms with van der Waals surface area (Å²) in [4.78, 5) is 0. The fourth-order valence-corrected chi connectivity index (χ4v) is 2.30. The molecular formula is C13H30N2O2+2. The molecule has 0 spiro atoms. The zero-order valence-electron chi connectivity index (χ0n) is 12.8. The Bertz CT molecular complexity index is 238. The SMILES string of the molecule is CC1(C)O[C@H](C[N+](C)(C)C)[C@@H](C[N+](C)(C)C)O1. The predicted octanol–water partition coefficient (Wildman–Crippen LogP) is 0.919. The van der Waals surface area contributed by atoms with E-state index in [0.29, 0.717) is 0 Å². The van der Waals surface area contributed by atoms with Crippen molar-refractivity contribution >= 4 is 0 Å². The van der Waals surface area contributed by atoms with Gasteiger partial charge in [0.15, 0.2) is 5.79 Å². The van der Waals surface area contributed by atoms with Crippen LogP contribution in [0.5, 0.6) is 0 Å². The van der Waals surface area contributed by atoms with Crippen LogP contribution in [-0.4, -0.2) is 82.3 Å². The Morgan fingerprint density at radius 2 is 1.06 bits per heavy atom. The van der Waals surface area contributed by atoms with Gasteiger partial charge in [0.1, 0.15) is 25.3 Å². The van der Waals surface area contributed by atoms with E-state index in [1.54, 1.807) is 0 Å². The molecule has 1 heterocycles. The molecule has 0 saturated carbocycles. The molecule has 0 N–H and O–H groups in total. The normalized spacial score (nSPS) is 29.6. The van der Waals surface area contributed by atoms with Crippen molar-refractivity contribution in [1.29, 1.82) is 0 Å². The number of rotatable bonds is 4. The van der Waals surface area contributed by atoms with Gasteiger partial charge in [-0.05, 0) is 13.8 Å². The lowest BCUT2D eigenvalue weighted by Crippen LogP contribution is -2.50. The summed E-state index contributed by atoms with van der Waals surface area (Å²) in [7, 11) is 13.2. The van der Waals surface area contributed by atoms with E-state index in [0.717, 1.165) is 22.1 Å². The first-order valence-electron chi connectivity index (χ1n) is 6.35. The summed E-state index contributed by atoms with van der Waals surface area (Å²) in [6, 6.07) is 0. The van der Waals surface area contributed by atoms with Crippen LogP contribution in [0, 0.1) is 0 Å². The second kappa shape index (κ2) is 4.50. The van der Waals surface area contributed by atoms with Gasteiger partial charge in [0, 0.05) is 0 Å². The summed E-state index contributed by atoms with van der Waals surface area (Å²) < 4.78 is 13.9. The van der Waals surface area contributed by atoms with E-state index < -0.39 is 5.79 Å². The van der Waals surface area contributed by atoms with Crippen molar-refractivity contribution < 1.29 is 18.4 Å². The maximum atomic E-state index is 6.04. The van der Waals surface area contributed by atoms with Gasteiger partial charge in [0.05, 0.1) is 42.3 Å². The molecule has 0 aromatic carbocycles. The molecule has 0 radical (unpaired) electrons. The van der Waals surface area contributed by atoms with Gasteiger partial charge in [-0.25, -0.2) is 0 Å². The monoisotopic (exact) mass is 246 g/mol. The predicted molar refractivity (Wildman–Crippen MR) is 69.6 cm³/mol. The number of ether oxygens (including phenoxy) is 2. The fourth-order valence-electron chi connectivity index (χ4n) is 2.30. The maximum absolute atomic E-state index is 6.04. The summed E-state index contributed by atoms with van der Waals surface area (Å²) >= 11 is 0. The summed E-state index contributed by atoms with van der Waals surface area (Å²) in [6.45, 7) is 5.97. The molecule has 1 aliphatic rings. The van der Waals surface area contributed by atoms with E-state index in [1.807, 2.05) is 13.8 Å². The van der Waals surface area contributed by atoms with E-state index in [2.05, 4.69) is 42.3 Å². The van der Waals surface area contributed by atoms with Crippen LogP contribution in [0.4, 0.5) is 0 Å². The van der Waals surface area contributed by atoms with Gasteiger partial charge in [0.25, 0.3) is 0 Å². The van der Waals surface area contributed by atoms with Crippen molar-refractivity contribution in [3.63, 3.8) is 0 Å². The third-order valence-corrected chi connectivity index (χ3v) is 2.74. The molecule has 0 unspecified atom stereocenters. The highest BCUT2D eigenvalue weighted by Gasteiger charge is 2.45. The third kappa shape index (κ3) is 5.34. The molecule has 1 saturated heterocycles. The highest BCUT2D eigenvalue weighted by atomic mass is 16.8. The third-order valence-electron chi connectivity index (χ3n) is 2.74. The number of likely N-dealkylation sites (N-methyl/N-ethyl adjacent to an activating group) is 2. The van der Waals surface area contributed by atoms with Crippen molar-refractivity contribution in [3.8, 4) is 0 Å². The largest absolute Gasteiger partial charge is 0.338 e. The molecule has 4 heteroatoms. The average Bonchev–Trinajstić information content (AvgIpc) is 2.17. The zero-order valence-corrected chi connectivity index (χ0v) is 12.8. The van der Waals surface area contributed by atoms with Crippen LogP contribution in [0.25, 0.3) is 0 Å². The number of nitrogens with zero attached hydrogens (tertiary/aromatic N) is 2. The summed E-state index contributed by atoms with van der Waals surface area (Å²) in [5, 5.41) is 0. The summed E-state index contributed by atoms with van der Waals surface area (Å²) in [6.07, 6.45) is 0.365. The lowest BCUT2D eigenvalue weighted by molar-refractivity contribution is -0.881. The van der Waals surface area contributed by atoms with Crippen LogP contribution in [0.3, 0.4) is 0 Å². The number of hydrogen-bond donors (Lipinski definition) is 0. The molecule has 0 aliphatic carbocycles. The first-order chi connectivity index (χ1) is 7.38. The first-order valence-corrected chi connectivity index (χ1v) is 6.35. The second-order valence-corrected chi connectivity index (χ2v) is 7.66. The van der Waals surface area contributed by atoms with Crippen molar-refractivity contribution in [2.45, 2.75) is 31.8 Å². The minimum absolute atomic E-state index is 0.183. The minimum Gasteiger partial charge on any atom is -0.338 e. The highest BCUT2D eigenvalue weighted by Crippen LogP contribution is 2.30. The first kappa shape index (κ1) is 14.9. The molecule has 1 rings (SSSR count). The molecule has 0 aromatic rings. The van der Waals surface area contributed by atoms with Crippen LogP contribution in [0.15, 0.2) is 0 Å². The van der Waals surface area contributed by atoms with Gasteiger partial charge in [-0.1, -0.05) is 0 Å². The second-order valence-electron chi connectivity index (χ2n) is 7.66. The highest BCUT2D eigenvalue weighted by molar-refractivity contribution is 4.81. The van der Waals surface area contributed by atoms with Gasteiger partial charge in [0.2, 0.25) is 0 Å². The van der Waals surface area contributed by atoms with Crippen molar-refractivity contribution in [1.82, 2.24) is 0 Å². The molecule has 17 heavy (non-hydrogen) atoms. The molecule has 0 amide bonds. The van der Waals surface area contributed by atoms with Gasteiger partial charge < -0.3 is 18.4 Å². The maximum Gasteiger partial charge on any atom is 0.164 e. The Balaban J connectivity index is 2.72. The lowest BCUT2D eigenvalue weighted by atomic mass is 10.1. The molecular weight excluding hydrogens is 216 g/mol. The Kier molecular flexibility index (Phi) is 3.94. The Morgan fingerprint density at radius 1 is 0.765 bits per heavy atom. The van der Waals surface area contributed by atoms with Crippen molar-refractivity contribution in [2.24, 2.45) is 0 Å². The van der Waals surface area contributed by atoms with Gasteiger partial charge >= 0.3 is 0 Å². The van der Waals surface area contributed by atoms with E-state index in [1.165, 1.54) is 0 Å². The lowest BCUT2D eigenvalue weighted by Gasteiger charge is -2.31. The molecule has 1 aliphatic heterocycles. The summed E-state index contributed by atoms with van der Waals surface area (Å²) in [5.74, 6) is -0.445. The van der Waals surface area contributed by atoms with E-state index >= 15 is 0 Å². The van der Waals surface area contributed by atoms with Crippen LogP contribution >= 0.6 is 0 Å². The number of quaternary nitrogens is 2. The quantitative estimate of drug-likeness (QED) is 0.687. The average molecular weight is 246 g/mol. The summed E-state index contributed by atoms with van der Waals surface area (Å²) in [5.41, 5.74) is 0. The minimum atomic E-state index is -0.445.